The van der Waals surface area contributed by atoms with Crippen molar-refractivity contribution < 1.29 is 9.13 Å². The van der Waals surface area contributed by atoms with Gasteiger partial charge in [-0.1, -0.05) is 12.1 Å². The van der Waals surface area contributed by atoms with Crippen LogP contribution < -0.4 is 10.6 Å². The number of nitrogens with one attached hydrogen (secondary N) is 2. The van der Waals surface area contributed by atoms with Crippen molar-refractivity contribution in [3.8, 4) is 0 Å². The van der Waals surface area contributed by atoms with Crippen LogP contribution in [0.4, 0.5) is 4.39 Å². The van der Waals surface area contributed by atoms with Gasteiger partial charge < -0.3 is 15.4 Å². The number of guanidine groups is 1. The lowest BCUT2D eigenvalue weighted by Crippen LogP contribution is -2.38. The van der Waals surface area contributed by atoms with Crippen LogP contribution in [0.1, 0.15) is 29.3 Å². The van der Waals surface area contributed by atoms with E-state index in [0.717, 1.165) is 41.7 Å². The number of nitrogens with zero attached hydrogens (tertiary/aromatic N) is 2. The number of halogens is 1. The Morgan fingerprint density at radius 1 is 1.32 bits per heavy atom. The highest BCUT2D eigenvalue weighted by atomic mass is 32.1. The van der Waals surface area contributed by atoms with Gasteiger partial charge in [0.1, 0.15) is 11.9 Å². The number of aromatic nitrogens is 1. The lowest BCUT2D eigenvalue weighted by molar-refractivity contribution is 0.111. The molecule has 7 heteroatoms. The molecule has 25 heavy (non-hydrogen) atoms. The molecule has 0 radical (unpaired) electrons. The Morgan fingerprint density at radius 3 is 2.68 bits per heavy atom. The van der Waals surface area contributed by atoms with Crippen molar-refractivity contribution in [2.24, 2.45) is 4.99 Å². The van der Waals surface area contributed by atoms with Gasteiger partial charge in [-0.2, -0.15) is 0 Å². The van der Waals surface area contributed by atoms with Crippen molar-refractivity contribution in [3.63, 3.8) is 0 Å². The number of rotatable bonds is 8. The second kappa shape index (κ2) is 10.1. The maximum Gasteiger partial charge on any atom is 0.191 e. The van der Waals surface area contributed by atoms with E-state index in [1.165, 1.54) is 12.1 Å². The van der Waals surface area contributed by atoms with E-state index in [2.05, 4.69) is 26.0 Å². The van der Waals surface area contributed by atoms with Crippen LogP contribution in [-0.4, -0.2) is 37.7 Å². The zero-order valence-electron chi connectivity index (χ0n) is 14.9. The lowest BCUT2D eigenvalue weighted by Gasteiger charge is -2.16. The summed E-state index contributed by atoms with van der Waals surface area (Å²) in [5.41, 5.74) is 1.99. The molecule has 1 heterocycles. The lowest BCUT2D eigenvalue weighted by atomic mass is 10.1. The second-order valence-electron chi connectivity index (χ2n) is 5.53. The molecule has 0 aliphatic rings. The Kier molecular flexibility index (Phi) is 7.81. The molecule has 136 valence electrons. The quantitative estimate of drug-likeness (QED) is 0.558. The molecule has 0 spiro atoms. The molecule has 2 aromatic rings. The van der Waals surface area contributed by atoms with E-state index in [4.69, 9.17) is 4.74 Å². The van der Waals surface area contributed by atoms with Gasteiger partial charge in [-0.15, -0.1) is 11.3 Å². The van der Waals surface area contributed by atoms with E-state index in [9.17, 15) is 4.39 Å². The average molecular weight is 364 g/mol. The fourth-order valence-electron chi connectivity index (χ4n) is 2.34. The molecule has 2 rings (SSSR count). The van der Waals surface area contributed by atoms with Crippen LogP contribution in [0.25, 0.3) is 0 Å². The van der Waals surface area contributed by atoms with Crippen LogP contribution in [-0.2, 0) is 11.2 Å². The number of thiazole rings is 1. The van der Waals surface area contributed by atoms with Gasteiger partial charge in [-0.05, 0) is 31.5 Å². The molecule has 1 aromatic carbocycles. The van der Waals surface area contributed by atoms with Gasteiger partial charge in [0, 0.05) is 32.0 Å². The van der Waals surface area contributed by atoms with E-state index in [0.29, 0.717) is 6.54 Å². The second-order valence-corrected chi connectivity index (χ2v) is 6.59. The summed E-state index contributed by atoms with van der Waals surface area (Å²) in [5, 5.41) is 9.69. The fraction of sp³-hybridized carbons (Fsp3) is 0.444. The van der Waals surface area contributed by atoms with Crippen LogP contribution in [0.2, 0.25) is 0 Å². The number of ether oxygens (including phenoxy) is 1. The Labute approximate surface area is 152 Å². The normalized spacial score (nSPS) is 12.9. The summed E-state index contributed by atoms with van der Waals surface area (Å²) in [6.07, 6.45) is 0.637. The van der Waals surface area contributed by atoms with Gasteiger partial charge in [0.15, 0.2) is 5.96 Å². The minimum absolute atomic E-state index is 0.211. The highest BCUT2D eigenvalue weighted by Crippen LogP contribution is 2.17. The Hall–Kier alpha value is -1.99. The first-order chi connectivity index (χ1) is 12.1. The highest BCUT2D eigenvalue weighted by Gasteiger charge is 2.10. The van der Waals surface area contributed by atoms with E-state index >= 15 is 0 Å². The summed E-state index contributed by atoms with van der Waals surface area (Å²) in [7, 11) is 1.63. The summed E-state index contributed by atoms with van der Waals surface area (Å²) < 4.78 is 18.5. The number of hydrogen-bond acceptors (Lipinski definition) is 4. The number of aryl methyl sites for hydroxylation is 1. The van der Waals surface area contributed by atoms with Gasteiger partial charge in [0.25, 0.3) is 0 Å². The molecule has 0 aliphatic heterocycles. The van der Waals surface area contributed by atoms with Gasteiger partial charge in [0.2, 0.25) is 0 Å². The molecule has 0 saturated carbocycles. The van der Waals surface area contributed by atoms with Crippen LogP contribution in [0.5, 0.6) is 0 Å². The van der Waals surface area contributed by atoms with Crippen LogP contribution in [0.3, 0.4) is 0 Å². The Morgan fingerprint density at radius 2 is 2.08 bits per heavy atom. The molecule has 0 saturated heterocycles. The molecular formula is C18H25FN4OS. The number of benzene rings is 1. The third kappa shape index (κ3) is 6.43. The van der Waals surface area contributed by atoms with E-state index in [1.54, 1.807) is 30.6 Å². The van der Waals surface area contributed by atoms with E-state index in [1.807, 2.05) is 13.8 Å². The van der Waals surface area contributed by atoms with Crippen molar-refractivity contribution in [1.82, 2.24) is 15.6 Å². The third-order valence-corrected chi connectivity index (χ3v) is 4.45. The van der Waals surface area contributed by atoms with E-state index in [-0.39, 0.29) is 11.9 Å². The molecule has 2 N–H and O–H groups in total. The number of hydrogen-bond donors (Lipinski definition) is 2. The SMILES string of the molecule is CCNC(=NCC(OC)c1ccc(F)cc1)NCCc1csc(C)n1. The summed E-state index contributed by atoms with van der Waals surface area (Å²) in [6.45, 7) is 6.01. The largest absolute Gasteiger partial charge is 0.375 e. The maximum atomic E-state index is 13.1. The molecular weight excluding hydrogens is 339 g/mol. The van der Waals surface area contributed by atoms with Crippen molar-refractivity contribution in [2.45, 2.75) is 26.4 Å². The number of methoxy groups -OCH3 is 1. The summed E-state index contributed by atoms with van der Waals surface area (Å²) in [4.78, 5) is 9.03. The number of aliphatic imine (C=N–C) groups is 1. The molecule has 0 aliphatic carbocycles. The standard InChI is InChI=1S/C18H25FN4OS/c1-4-20-18(21-10-9-16-12-25-13(2)23-16)22-11-17(24-3)14-5-7-15(19)8-6-14/h5-8,12,17H,4,9-11H2,1-3H3,(H2,20,21,22). The van der Waals surface area contributed by atoms with Crippen molar-refractivity contribution in [3.05, 3.63) is 51.7 Å². The molecule has 5 nitrogen and oxygen atoms in total. The molecule has 1 aromatic heterocycles. The van der Waals surface area contributed by atoms with Crippen molar-refractivity contribution in [1.29, 1.82) is 0 Å². The molecule has 0 amide bonds. The smallest absolute Gasteiger partial charge is 0.191 e. The topological polar surface area (TPSA) is 58.5 Å². The fourth-order valence-corrected chi connectivity index (χ4v) is 2.99. The first-order valence-corrected chi connectivity index (χ1v) is 9.21. The minimum Gasteiger partial charge on any atom is -0.375 e. The van der Waals surface area contributed by atoms with Gasteiger partial charge in [-0.3, -0.25) is 4.99 Å². The predicted molar refractivity (Wildman–Crippen MR) is 101 cm³/mol. The monoisotopic (exact) mass is 364 g/mol. The molecule has 1 unspecified atom stereocenters. The van der Waals surface area contributed by atoms with Gasteiger partial charge >= 0.3 is 0 Å². The Bertz CT molecular complexity index is 672. The van der Waals surface area contributed by atoms with E-state index < -0.39 is 0 Å². The molecule has 0 bridgehead atoms. The third-order valence-electron chi connectivity index (χ3n) is 3.63. The zero-order chi connectivity index (χ0) is 18.1. The van der Waals surface area contributed by atoms with Gasteiger partial charge in [-0.25, -0.2) is 9.37 Å². The van der Waals surface area contributed by atoms with Crippen LogP contribution >= 0.6 is 11.3 Å². The maximum absolute atomic E-state index is 13.1. The Balaban J connectivity index is 1.91. The van der Waals surface area contributed by atoms with Crippen molar-refractivity contribution in [2.75, 3.05) is 26.7 Å². The first kappa shape index (κ1) is 19.3. The minimum atomic E-state index is -0.255. The van der Waals surface area contributed by atoms with Crippen LogP contribution in [0, 0.1) is 12.7 Å². The summed E-state index contributed by atoms with van der Waals surface area (Å²) in [6, 6.07) is 6.32. The van der Waals surface area contributed by atoms with Gasteiger partial charge in [0.05, 0.1) is 17.2 Å². The average Bonchev–Trinajstić information content (AvgIpc) is 3.02. The highest BCUT2D eigenvalue weighted by molar-refractivity contribution is 7.09. The zero-order valence-corrected chi connectivity index (χ0v) is 15.7. The van der Waals surface area contributed by atoms with Crippen LogP contribution in [0.15, 0.2) is 34.6 Å². The van der Waals surface area contributed by atoms with Crippen molar-refractivity contribution >= 4 is 17.3 Å². The first-order valence-electron chi connectivity index (χ1n) is 8.33. The molecule has 1 atom stereocenters. The molecule has 0 fully saturated rings. The predicted octanol–water partition coefficient (Wildman–Crippen LogP) is 3.08. The summed E-state index contributed by atoms with van der Waals surface area (Å²) >= 11 is 1.66. The summed E-state index contributed by atoms with van der Waals surface area (Å²) in [5.74, 6) is 0.480.